The predicted octanol–water partition coefficient (Wildman–Crippen LogP) is 2.08. The third kappa shape index (κ3) is 3.59. The van der Waals surface area contributed by atoms with E-state index in [2.05, 4.69) is 5.32 Å². The highest BCUT2D eigenvalue weighted by molar-refractivity contribution is 6.10. The van der Waals surface area contributed by atoms with Crippen molar-refractivity contribution in [3.8, 4) is 0 Å². The summed E-state index contributed by atoms with van der Waals surface area (Å²) in [4.78, 5) is 36.6. The number of hydrogen-bond donors (Lipinski definition) is 1. The van der Waals surface area contributed by atoms with Crippen LogP contribution in [0, 0.1) is 0 Å². The van der Waals surface area contributed by atoms with E-state index in [-0.39, 0.29) is 6.42 Å². The van der Waals surface area contributed by atoms with Gasteiger partial charge in [-0.25, -0.2) is 14.5 Å². The monoisotopic (exact) mass is 290 g/mol. The van der Waals surface area contributed by atoms with Gasteiger partial charge in [-0.3, -0.25) is 10.1 Å². The summed E-state index contributed by atoms with van der Waals surface area (Å²) in [7, 11) is 0. The molecule has 21 heavy (non-hydrogen) atoms. The fraction of sp³-hybridized carbons (Fsp3) is 0.400. The van der Waals surface area contributed by atoms with Crippen molar-refractivity contribution in [1.82, 2.24) is 10.2 Å². The molecule has 1 N–H and O–H groups in total. The van der Waals surface area contributed by atoms with Gasteiger partial charge in [-0.2, -0.15) is 0 Å². The number of hydrogen-bond acceptors (Lipinski definition) is 4. The molecule has 1 aliphatic rings. The number of rotatable bonds is 2. The average molecular weight is 290 g/mol. The minimum absolute atomic E-state index is 0.262. The van der Waals surface area contributed by atoms with Gasteiger partial charge >= 0.3 is 12.1 Å². The van der Waals surface area contributed by atoms with Crippen LogP contribution in [0.4, 0.5) is 9.59 Å². The van der Waals surface area contributed by atoms with Crippen LogP contribution in [0.15, 0.2) is 30.3 Å². The van der Waals surface area contributed by atoms with Crippen LogP contribution < -0.4 is 5.32 Å². The number of amides is 4. The molecule has 0 aromatic heterocycles. The first-order chi connectivity index (χ1) is 9.78. The summed E-state index contributed by atoms with van der Waals surface area (Å²) >= 11 is 0. The van der Waals surface area contributed by atoms with E-state index >= 15 is 0 Å². The van der Waals surface area contributed by atoms with Gasteiger partial charge in [-0.1, -0.05) is 30.3 Å². The SMILES string of the molecule is CC(C)(C)OC(=O)N1C(=O)NC(=O)C1Cc1ccccc1. The highest BCUT2D eigenvalue weighted by Crippen LogP contribution is 2.18. The number of carbonyl (C=O) groups is 3. The van der Waals surface area contributed by atoms with Crippen LogP contribution in [-0.2, 0) is 16.0 Å². The average Bonchev–Trinajstić information content (AvgIpc) is 2.63. The van der Waals surface area contributed by atoms with E-state index in [9.17, 15) is 14.4 Å². The van der Waals surface area contributed by atoms with Crippen LogP contribution in [0.2, 0.25) is 0 Å². The third-order valence-corrected chi connectivity index (χ3v) is 2.93. The number of ether oxygens (including phenoxy) is 1. The van der Waals surface area contributed by atoms with E-state index in [1.807, 2.05) is 30.3 Å². The van der Waals surface area contributed by atoms with Gasteiger partial charge in [0, 0.05) is 6.42 Å². The molecule has 6 heteroatoms. The maximum Gasteiger partial charge on any atom is 0.419 e. The number of benzene rings is 1. The molecule has 2 rings (SSSR count). The fourth-order valence-electron chi connectivity index (χ4n) is 2.05. The molecule has 0 bridgehead atoms. The van der Waals surface area contributed by atoms with Crippen molar-refractivity contribution in [2.24, 2.45) is 0 Å². The molecule has 1 aromatic carbocycles. The van der Waals surface area contributed by atoms with E-state index in [4.69, 9.17) is 4.74 Å². The van der Waals surface area contributed by atoms with Crippen LogP contribution in [0.3, 0.4) is 0 Å². The van der Waals surface area contributed by atoms with E-state index in [0.29, 0.717) is 0 Å². The second-order valence-corrected chi connectivity index (χ2v) is 5.85. The summed E-state index contributed by atoms with van der Waals surface area (Å²) in [6.45, 7) is 5.10. The fourth-order valence-corrected chi connectivity index (χ4v) is 2.05. The third-order valence-electron chi connectivity index (χ3n) is 2.93. The molecule has 1 saturated heterocycles. The largest absolute Gasteiger partial charge is 0.443 e. The molecular formula is C15H18N2O4. The molecule has 0 aliphatic carbocycles. The summed E-state index contributed by atoms with van der Waals surface area (Å²) < 4.78 is 5.18. The van der Waals surface area contributed by atoms with Gasteiger partial charge in [-0.05, 0) is 26.3 Å². The molecule has 0 saturated carbocycles. The van der Waals surface area contributed by atoms with Gasteiger partial charge in [0.05, 0.1) is 0 Å². The molecule has 1 aliphatic heterocycles. The molecule has 1 heterocycles. The first-order valence-electron chi connectivity index (χ1n) is 6.69. The lowest BCUT2D eigenvalue weighted by atomic mass is 10.1. The van der Waals surface area contributed by atoms with Gasteiger partial charge < -0.3 is 4.74 Å². The van der Waals surface area contributed by atoms with Gasteiger partial charge in [0.15, 0.2) is 0 Å². The van der Waals surface area contributed by atoms with Crippen LogP contribution in [0.5, 0.6) is 0 Å². The second kappa shape index (κ2) is 5.55. The lowest BCUT2D eigenvalue weighted by Crippen LogP contribution is -2.44. The minimum atomic E-state index is -0.880. The summed E-state index contributed by atoms with van der Waals surface area (Å²) in [6, 6.07) is 7.58. The topological polar surface area (TPSA) is 75.7 Å². The van der Waals surface area contributed by atoms with Gasteiger partial charge in [-0.15, -0.1) is 0 Å². The van der Waals surface area contributed by atoms with Crippen molar-refractivity contribution in [1.29, 1.82) is 0 Å². The molecule has 1 fully saturated rings. The second-order valence-electron chi connectivity index (χ2n) is 5.85. The quantitative estimate of drug-likeness (QED) is 0.846. The number of urea groups is 1. The zero-order chi connectivity index (χ0) is 15.6. The Hall–Kier alpha value is -2.37. The minimum Gasteiger partial charge on any atom is -0.443 e. The molecule has 6 nitrogen and oxygen atoms in total. The van der Waals surface area contributed by atoms with Crippen molar-refractivity contribution >= 4 is 18.0 Å². The first-order valence-corrected chi connectivity index (χ1v) is 6.69. The van der Waals surface area contributed by atoms with E-state index < -0.39 is 29.7 Å². The zero-order valence-corrected chi connectivity index (χ0v) is 12.3. The Morgan fingerprint density at radius 2 is 1.86 bits per heavy atom. The van der Waals surface area contributed by atoms with Crippen LogP contribution in [0.25, 0.3) is 0 Å². The summed E-state index contributed by atoms with van der Waals surface area (Å²) in [5, 5.41) is 2.15. The van der Waals surface area contributed by atoms with E-state index in [1.54, 1.807) is 20.8 Å². The number of carbonyl (C=O) groups excluding carboxylic acids is 3. The summed E-state index contributed by atoms with van der Waals surface area (Å²) in [5.74, 6) is -0.491. The molecule has 4 amide bonds. The molecule has 1 unspecified atom stereocenters. The lowest BCUT2D eigenvalue weighted by Gasteiger charge is -2.25. The molecule has 0 radical (unpaired) electrons. The Bertz CT molecular complexity index is 563. The number of nitrogens with zero attached hydrogens (tertiary/aromatic N) is 1. The van der Waals surface area contributed by atoms with Gasteiger partial charge in [0.25, 0.3) is 5.91 Å². The normalized spacial score (nSPS) is 18.6. The predicted molar refractivity (Wildman–Crippen MR) is 75.5 cm³/mol. The Morgan fingerprint density at radius 3 is 2.43 bits per heavy atom. The summed E-state index contributed by atoms with van der Waals surface area (Å²) in [5.41, 5.74) is 0.126. The highest BCUT2D eigenvalue weighted by Gasteiger charge is 2.44. The van der Waals surface area contributed by atoms with Crippen molar-refractivity contribution in [2.45, 2.75) is 38.8 Å². The van der Waals surface area contributed by atoms with E-state index in [0.717, 1.165) is 10.5 Å². The molecule has 1 atom stereocenters. The number of imide groups is 2. The van der Waals surface area contributed by atoms with E-state index in [1.165, 1.54) is 0 Å². The van der Waals surface area contributed by atoms with Crippen LogP contribution >= 0.6 is 0 Å². The van der Waals surface area contributed by atoms with Gasteiger partial charge in [0.1, 0.15) is 11.6 Å². The summed E-state index contributed by atoms with van der Waals surface area (Å²) in [6.07, 6.45) is -0.552. The Kier molecular flexibility index (Phi) is 3.97. The van der Waals surface area contributed by atoms with Crippen molar-refractivity contribution < 1.29 is 19.1 Å². The molecule has 1 aromatic rings. The standard InChI is InChI=1S/C15H18N2O4/c1-15(2,3)21-14(20)17-11(12(18)16-13(17)19)9-10-7-5-4-6-8-10/h4-8,11H,9H2,1-3H3,(H,16,18,19). The van der Waals surface area contributed by atoms with Gasteiger partial charge in [0.2, 0.25) is 0 Å². The molecular weight excluding hydrogens is 272 g/mol. The van der Waals surface area contributed by atoms with Crippen molar-refractivity contribution in [2.75, 3.05) is 0 Å². The molecule has 112 valence electrons. The Labute approximate surface area is 123 Å². The highest BCUT2D eigenvalue weighted by atomic mass is 16.6. The van der Waals surface area contributed by atoms with Crippen LogP contribution in [-0.4, -0.2) is 34.6 Å². The zero-order valence-electron chi connectivity index (χ0n) is 12.3. The molecule has 0 spiro atoms. The van der Waals surface area contributed by atoms with Crippen LogP contribution in [0.1, 0.15) is 26.3 Å². The Balaban J connectivity index is 2.19. The van der Waals surface area contributed by atoms with Crippen molar-refractivity contribution in [3.05, 3.63) is 35.9 Å². The number of nitrogens with one attached hydrogen (secondary N) is 1. The Morgan fingerprint density at radius 1 is 1.24 bits per heavy atom. The van der Waals surface area contributed by atoms with Crippen molar-refractivity contribution in [3.63, 3.8) is 0 Å². The maximum absolute atomic E-state index is 12.1. The smallest absolute Gasteiger partial charge is 0.419 e. The maximum atomic E-state index is 12.1. The lowest BCUT2D eigenvalue weighted by molar-refractivity contribution is -0.121. The first kappa shape index (κ1) is 15.0.